The molecule has 0 radical (unpaired) electrons. The summed E-state index contributed by atoms with van der Waals surface area (Å²) in [7, 11) is 1.77. The number of piperazine rings is 1. The highest BCUT2D eigenvalue weighted by atomic mass is 16.2. The molecule has 1 saturated heterocycles. The molecule has 3 heterocycles. The maximum Gasteiger partial charge on any atom is 0.274 e. The number of carbonyl (C=O) groups is 2. The molecule has 1 aliphatic rings. The second-order valence-corrected chi connectivity index (χ2v) is 7.01. The van der Waals surface area contributed by atoms with Gasteiger partial charge < -0.3 is 9.80 Å². The number of pyridine rings is 1. The number of nitrogens with zero attached hydrogens (tertiary/aromatic N) is 5. The summed E-state index contributed by atoms with van der Waals surface area (Å²) < 4.78 is 0. The standard InChI is InChI=1S/C22H21N5O2/c1-26-10-11-27(21(28)19-15-24-8-9-25-19)20(22(26)29)13-16-4-2-5-17(12-16)18-6-3-7-23-14-18/h2-9,12,14-15,20H,10-11,13H2,1H3/t20-/m0/s1. The van der Waals surface area contributed by atoms with E-state index >= 15 is 0 Å². The summed E-state index contributed by atoms with van der Waals surface area (Å²) in [6, 6.07) is 11.3. The van der Waals surface area contributed by atoms with E-state index in [-0.39, 0.29) is 17.5 Å². The Morgan fingerprint density at radius 1 is 1.03 bits per heavy atom. The fourth-order valence-electron chi connectivity index (χ4n) is 3.54. The van der Waals surface area contributed by atoms with Gasteiger partial charge in [-0.2, -0.15) is 0 Å². The molecule has 0 saturated carbocycles. The number of amides is 2. The number of rotatable bonds is 4. The van der Waals surface area contributed by atoms with Crippen LogP contribution < -0.4 is 0 Å². The number of benzene rings is 1. The quantitative estimate of drug-likeness (QED) is 0.685. The molecule has 146 valence electrons. The van der Waals surface area contributed by atoms with E-state index in [9.17, 15) is 9.59 Å². The molecule has 1 fully saturated rings. The average Bonchev–Trinajstić information content (AvgIpc) is 2.78. The summed E-state index contributed by atoms with van der Waals surface area (Å²) in [5, 5.41) is 0. The van der Waals surface area contributed by atoms with Crippen molar-refractivity contribution in [2.75, 3.05) is 20.1 Å². The fourth-order valence-corrected chi connectivity index (χ4v) is 3.54. The van der Waals surface area contributed by atoms with Gasteiger partial charge in [-0.1, -0.05) is 30.3 Å². The molecule has 0 N–H and O–H groups in total. The first-order valence-corrected chi connectivity index (χ1v) is 9.45. The van der Waals surface area contributed by atoms with Crippen LogP contribution in [0.15, 0.2) is 67.4 Å². The van der Waals surface area contributed by atoms with Crippen LogP contribution >= 0.6 is 0 Å². The van der Waals surface area contributed by atoms with Crippen molar-refractivity contribution in [3.8, 4) is 11.1 Å². The lowest BCUT2D eigenvalue weighted by molar-refractivity contribution is -0.138. The molecule has 0 unspecified atom stereocenters. The third-order valence-corrected chi connectivity index (χ3v) is 5.11. The van der Waals surface area contributed by atoms with Gasteiger partial charge in [0.1, 0.15) is 11.7 Å². The summed E-state index contributed by atoms with van der Waals surface area (Å²) in [6.45, 7) is 0.960. The highest BCUT2D eigenvalue weighted by Gasteiger charge is 2.36. The molecular formula is C22H21N5O2. The molecule has 1 aromatic carbocycles. The number of carbonyl (C=O) groups excluding carboxylic acids is 2. The van der Waals surface area contributed by atoms with Crippen molar-refractivity contribution in [1.82, 2.24) is 24.8 Å². The van der Waals surface area contributed by atoms with Crippen LogP contribution in [0.1, 0.15) is 16.1 Å². The zero-order valence-electron chi connectivity index (χ0n) is 16.1. The molecule has 7 heteroatoms. The highest BCUT2D eigenvalue weighted by molar-refractivity contribution is 5.96. The minimum atomic E-state index is -0.576. The molecule has 2 amide bonds. The number of likely N-dealkylation sites (N-methyl/N-ethyl adjacent to an activating group) is 1. The van der Waals surface area contributed by atoms with Gasteiger partial charge in [0.05, 0.1) is 6.20 Å². The lowest BCUT2D eigenvalue weighted by Crippen LogP contribution is -2.58. The van der Waals surface area contributed by atoms with E-state index in [1.165, 1.54) is 18.6 Å². The van der Waals surface area contributed by atoms with Crippen molar-refractivity contribution < 1.29 is 9.59 Å². The van der Waals surface area contributed by atoms with Crippen LogP contribution in [-0.2, 0) is 11.2 Å². The normalized spacial score (nSPS) is 16.7. The maximum atomic E-state index is 13.0. The zero-order chi connectivity index (χ0) is 20.2. The Bertz CT molecular complexity index is 1010. The molecule has 1 atom stereocenters. The Morgan fingerprint density at radius 2 is 1.86 bits per heavy atom. The Morgan fingerprint density at radius 3 is 2.62 bits per heavy atom. The van der Waals surface area contributed by atoms with Gasteiger partial charge in [0, 0.05) is 51.3 Å². The van der Waals surface area contributed by atoms with E-state index in [1.807, 2.05) is 42.6 Å². The monoisotopic (exact) mass is 387 g/mol. The minimum Gasteiger partial charge on any atom is -0.342 e. The Labute approximate surface area is 169 Å². The molecular weight excluding hydrogens is 366 g/mol. The first-order valence-electron chi connectivity index (χ1n) is 9.45. The van der Waals surface area contributed by atoms with Gasteiger partial charge in [-0.15, -0.1) is 0 Å². The van der Waals surface area contributed by atoms with E-state index in [0.29, 0.717) is 19.5 Å². The third-order valence-electron chi connectivity index (χ3n) is 5.11. The molecule has 0 bridgehead atoms. The van der Waals surface area contributed by atoms with Gasteiger partial charge in [0.15, 0.2) is 0 Å². The van der Waals surface area contributed by atoms with Crippen LogP contribution in [0.3, 0.4) is 0 Å². The van der Waals surface area contributed by atoms with Crippen molar-refractivity contribution in [3.63, 3.8) is 0 Å². The van der Waals surface area contributed by atoms with E-state index in [4.69, 9.17) is 0 Å². The van der Waals surface area contributed by atoms with Gasteiger partial charge in [-0.25, -0.2) is 4.98 Å². The molecule has 7 nitrogen and oxygen atoms in total. The molecule has 4 rings (SSSR count). The first-order chi connectivity index (χ1) is 14.1. The van der Waals surface area contributed by atoms with Crippen LogP contribution in [0.25, 0.3) is 11.1 Å². The van der Waals surface area contributed by atoms with E-state index in [1.54, 1.807) is 23.0 Å². The first kappa shape index (κ1) is 18.7. The van der Waals surface area contributed by atoms with E-state index in [2.05, 4.69) is 15.0 Å². The van der Waals surface area contributed by atoms with Gasteiger partial charge in [-0.3, -0.25) is 19.6 Å². The zero-order valence-corrected chi connectivity index (χ0v) is 16.1. The largest absolute Gasteiger partial charge is 0.342 e. The molecule has 0 spiro atoms. The van der Waals surface area contributed by atoms with E-state index < -0.39 is 6.04 Å². The molecule has 2 aromatic heterocycles. The Balaban J connectivity index is 1.62. The van der Waals surface area contributed by atoms with Gasteiger partial charge in [0.25, 0.3) is 5.91 Å². The molecule has 1 aliphatic heterocycles. The molecule has 3 aromatic rings. The summed E-state index contributed by atoms with van der Waals surface area (Å²) in [5.74, 6) is -0.340. The van der Waals surface area contributed by atoms with Crippen LogP contribution in [0.2, 0.25) is 0 Å². The highest BCUT2D eigenvalue weighted by Crippen LogP contribution is 2.23. The van der Waals surface area contributed by atoms with Crippen molar-refractivity contribution in [2.24, 2.45) is 0 Å². The van der Waals surface area contributed by atoms with E-state index in [0.717, 1.165) is 16.7 Å². The lowest BCUT2D eigenvalue weighted by atomic mass is 9.97. The maximum absolute atomic E-state index is 13.0. The number of hydrogen-bond donors (Lipinski definition) is 0. The predicted octanol–water partition coefficient (Wildman–Crippen LogP) is 2.06. The van der Waals surface area contributed by atoms with Crippen LogP contribution in [0.4, 0.5) is 0 Å². The van der Waals surface area contributed by atoms with Gasteiger partial charge >= 0.3 is 0 Å². The summed E-state index contributed by atoms with van der Waals surface area (Å²) >= 11 is 0. The minimum absolute atomic E-state index is 0.0692. The van der Waals surface area contributed by atoms with Crippen molar-refractivity contribution in [1.29, 1.82) is 0 Å². The summed E-state index contributed by atoms with van der Waals surface area (Å²) in [5.41, 5.74) is 3.27. The second kappa shape index (κ2) is 8.18. The summed E-state index contributed by atoms with van der Waals surface area (Å²) in [6.07, 6.45) is 8.42. The Kier molecular flexibility index (Phi) is 5.29. The second-order valence-electron chi connectivity index (χ2n) is 7.01. The van der Waals surface area contributed by atoms with Crippen LogP contribution in [-0.4, -0.2) is 62.7 Å². The average molecular weight is 387 g/mol. The Hall–Kier alpha value is -3.61. The number of aromatic nitrogens is 3. The van der Waals surface area contributed by atoms with Crippen LogP contribution in [0.5, 0.6) is 0 Å². The van der Waals surface area contributed by atoms with Crippen LogP contribution in [0, 0.1) is 0 Å². The summed E-state index contributed by atoms with van der Waals surface area (Å²) in [4.78, 5) is 41.4. The topological polar surface area (TPSA) is 79.3 Å². The lowest BCUT2D eigenvalue weighted by Gasteiger charge is -2.39. The third kappa shape index (κ3) is 3.99. The van der Waals surface area contributed by atoms with Gasteiger partial charge in [-0.05, 0) is 22.8 Å². The van der Waals surface area contributed by atoms with Crippen molar-refractivity contribution in [3.05, 3.63) is 78.6 Å². The predicted molar refractivity (Wildman–Crippen MR) is 108 cm³/mol. The van der Waals surface area contributed by atoms with Crippen molar-refractivity contribution >= 4 is 11.8 Å². The number of hydrogen-bond acceptors (Lipinski definition) is 5. The van der Waals surface area contributed by atoms with Crippen molar-refractivity contribution in [2.45, 2.75) is 12.5 Å². The molecule has 0 aliphatic carbocycles. The smallest absolute Gasteiger partial charge is 0.274 e. The van der Waals surface area contributed by atoms with Gasteiger partial charge in [0.2, 0.25) is 5.91 Å². The molecule has 29 heavy (non-hydrogen) atoms. The SMILES string of the molecule is CN1CCN(C(=O)c2cnccn2)[C@@H](Cc2cccc(-c3cccnc3)c2)C1=O. The fraction of sp³-hybridized carbons (Fsp3) is 0.227.